The molecular weight excluding hydrogens is 312 g/mol. The van der Waals surface area contributed by atoms with Crippen LogP contribution in [-0.4, -0.2) is 12.2 Å². The third-order valence-corrected chi connectivity index (χ3v) is 4.52. The Morgan fingerprint density at radius 1 is 1.17 bits per heavy atom. The fourth-order valence-corrected chi connectivity index (χ4v) is 2.88. The van der Waals surface area contributed by atoms with Crippen LogP contribution in [0, 0.1) is 0 Å². The fraction of sp³-hybridized carbons (Fsp3) is 0.222. The molecule has 1 fully saturated rings. The molecule has 0 radical (unpaired) electrons. The van der Waals surface area contributed by atoms with Gasteiger partial charge in [0.15, 0.2) is 0 Å². The third-order valence-electron chi connectivity index (χ3n) is 4.27. The summed E-state index contributed by atoms with van der Waals surface area (Å²) in [5.74, 6) is -0.488. The monoisotopic (exact) mass is 328 g/mol. The Labute approximate surface area is 139 Å². The Balaban J connectivity index is 1.94. The summed E-state index contributed by atoms with van der Waals surface area (Å²) >= 11 is 5.89. The number of nitrogens with one attached hydrogen (secondary N) is 1. The van der Waals surface area contributed by atoms with Gasteiger partial charge in [-0.05, 0) is 42.2 Å². The van der Waals surface area contributed by atoms with Crippen molar-refractivity contribution < 1.29 is 9.59 Å². The zero-order valence-electron chi connectivity index (χ0n) is 12.5. The SMILES string of the molecule is NC(=O)C(Nc1ccccc1C1(C=O)CC1)c1ccc(Cl)cc1. The van der Waals surface area contributed by atoms with Crippen LogP contribution in [0.2, 0.25) is 5.02 Å². The molecule has 23 heavy (non-hydrogen) atoms. The van der Waals surface area contributed by atoms with E-state index in [4.69, 9.17) is 17.3 Å². The molecule has 118 valence electrons. The number of para-hydroxylation sites is 1. The van der Waals surface area contributed by atoms with Gasteiger partial charge in [0.05, 0.1) is 5.41 Å². The number of aldehydes is 1. The Kier molecular flexibility index (Phi) is 4.09. The summed E-state index contributed by atoms with van der Waals surface area (Å²) in [5.41, 5.74) is 7.53. The second-order valence-electron chi connectivity index (χ2n) is 5.85. The van der Waals surface area contributed by atoms with Crippen molar-refractivity contribution in [2.24, 2.45) is 5.73 Å². The number of anilines is 1. The van der Waals surface area contributed by atoms with Crippen molar-refractivity contribution in [2.45, 2.75) is 24.3 Å². The van der Waals surface area contributed by atoms with Crippen LogP contribution >= 0.6 is 11.6 Å². The number of carbonyl (C=O) groups excluding carboxylic acids is 2. The minimum Gasteiger partial charge on any atom is -0.370 e. The molecule has 1 aliphatic rings. The van der Waals surface area contributed by atoms with E-state index < -0.39 is 17.4 Å². The number of hydrogen-bond acceptors (Lipinski definition) is 3. The van der Waals surface area contributed by atoms with E-state index >= 15 is 0 Å². The van der Waals surface area contributed by atoms with Gasteiger partial charge in [-0.25, -0.2) is 0 Å². The highest BCUT2D eigenvalue weighted by Crippen LogP contribution is 2.49. The van der Waals surface area contributed by atoms with Gasteiger partial charge in [0, 0.05) is 10.7 Å². The van der Waals surface area contributed by atoms with Crippen molar-refractivity contribution in [3.05, 3.63) is 64.7 Å². The highest BCUT2D eigenvalue weighted by molar-refractivity contribution is 6.30. The number of rotatable bonds is 6. The smallest absolute Gasteiger partial charge is 0.244 e. The maximum Gasteiger partial charge on any atom is 0.244 e. The van der Waals surface area contributed by atoms with Gasteiger partial charge in [0.2, 0.25) is 5.91 Å². The number of nitrogens with two attached hydrogens (primary N) is 1. The molecule has 2 aromatic rings. The lowest BCUT2D eigenvalue weighted by atomic mass is 9.95. The molecule has 1 amide bonds. The van der Waals surface area contributed by atoms with Gasteiger partial charge >= 0.3 is 0 Å². The minimum absolute atomic E-state index is 0.425. The van der Waals surface area contributed by atoms with Crippen LogP contribution in [0.15, 0.2) is 48.5 Å². The molecule has 1 atom stereocenters. The van der Waals surface area contributed by atoms with Crippen molar-refractivity contribution in [1.29, 1.82) is 0 Å². The first-order valence-corrected chi connectivity index (χ1v) is 7.81. The summed E-state index contributed by atoms with van der Waals surface area (Å²) in [5, 5.41) is 3.78. The standard InChI is InChI=1S/C18H17ClN2O2/c19-13-7-5-12(6-8-13)16(17(20)23)21-15-4-2-1-3-14(15)18(11-22)9-10-18/h1-8,11,16,21H,9-10H2,(H2,20,23). The minimum atomic E-state index is -0.684. The van der Waals surface area contributed by atoms with E-state index in [1.807, 2.05) is 24.3 Å². The van der Waals surface area contributed by atoms with E-state index in [0.29, 0.717) is 5.02 Å². The zero-order valence-corrected chi connectivity index (χ0v) is 13.2. The summed E-state index contributed by atoms with van der Waals surface area (Å²) < 4.78 is 0. The lowest BCUT2D eigenvalue weighted by Crippen LogP contribution is -2.28. The largest absolute Gasteiger partial charge is 0.370 e. The van der Waals surface area contributed by atoms with Crippen LogP contribution in [-0.2, 0) is 15.0 Å². The normalized spacial score (nSPS) is 16.4. The Morgan fingerprint density at radius 3 is 2.39 bits per heavy atom. The fourth-order valence-electron chi connectivity index (χ4n) is 2.76. The summed E-state index contributed by atoms with van der Waals surface area (Å²) in [4.78, 5) is 23.3. The summed E-state index contributed by atoms with van der Waals surface area (Å²) in [6.45, 7) is 0. The van der Waals surface area contributed by atoms with E-state index in [0.717, 1.165) is 35.9 Å². The predicted octanol–water partition coefficient (Wildman–Crippen LogP) is 3.21. The lowest BCUT2D eigenvalue weighted by molar-refractivity contribution is -0.118. The first kappa shape index (κ1) is 15.6. The van der Waals surface area contributed by atoms with Gasteiger partial charge in [0.1, 0.15) is 12.3 Å². The van der Waals surface area contributed by atoms with Crippen molar-refractivity contribution in [3.8, 4) is 0 Å². The maximum atomic E-state index is 11.9. The summed E-state index contributed by atoms with van der Waals surface area (Å²) in [7, 11) is 0. The molecule has 0 bridgehead atoms. The predicted molar refractivity (Wildman–Crippen MR) is 90.4 cm³/mol. The molecule has 0 saturated heterocycles. The summed E-state index contributed by atoms with van der Waals surface area (Å²) in [6, 6.07) is 13.8. The number of amides is 1. The van der Waals surface area contributed by atoms with Gasteiger partial charge in [0.25, 0.3) is 0 Å². The first-order valence-electron chi connectivity index (χ1n) is 7.43. The quantitative estimate of drug-likeness (QED) is 0.800. The van der Waals surface area contributed by atoms with Crippen molar-refractivity contribution in [1.82, 2.24) is 0 Å². The third kappa shape index (κ3) is 3.08. The van der Waals surface area contributed by atoms with E-state index in [1.54, 1.807) is 24.3 Å². The van der Waals surface area contributed by atoms with Gasteiger partial charge in [-0.1, -0.05) is 41.9 Å². The van der Waals surface area contributed by atoms with Crippen LogP contribution in [0.3, 0.4) is 0 Å². The van der Waals surface area contributed by atoms with Crippen molar-refractivity contribution in [3.63, 3.8) is 0 Å². The van der Waals surface area contributed by atoms with Crippen LogP contribution in [0.1, 0.15) is 30.0 Å². The van der Waals surface area contributed by atoms with Crippen molar-refractivity contribution in [2.75, 3.05) is 5.32 Å². The topological polar surface area (TPSA) is 72.2 Å². The molecule has 1 unspecified atom stereocenters. The zero-order chi connectivity index (χ0) is 16.4. The lowest BCUT2D eigenvalue weighted by Gasteiger charge is -2.21. The number of hydrogen-bond donors (Lipinski definition) is 2. The molecule has 4 nitrogen and oxygen atoms in total. The average molecular weight is 329 g/mol. The molecule has 5 heteroatoms. The summed E-state index contributed by atoms with van der Waals surface area (Å²) in [6.07, 6.45) is 2.66. The number of halogens is 1. The molecule has 1 aliphatic carbocycles. The number of benzene rings is 2. The van der Waals surface area contributed by atoms with Gasteiger partial charge in [-0.3, -0.25) is 4.79 Å². The van der Waals surface area contributed by atoms with Crippen LogP contribution in [0.25, 0.3) is 0 Å². The molecule has 1 saturated carbocycles. The number of carbonyl (C=O) groups is 2. The van der Waals surface area contributed by atoms with E-state index in [2.05, 4.69) is 5.32 Å². The van der Waals surface area contributed by atoms with E-state index in [9.17, 15) is 9.59 Å². The molecule has 3 N–H and O–H groups in total. The second kappa shape index (κ2) is 6.05. The highest BCUT2D eigenvalue weighted by Gasteiger charge is 2.45. The maximum absolute atomic E-state index is 11.9. The molecule has 0 heterocycles. The molecule has 2 aromatic carbocycles. The van der Waals surface area contributed by atoms with Crippen molar-refractivity contribution >= 4 is 29.5 Å². The Morgan fingerprint density at radius 2 is 1.83 bits per heavy atom. The van der Waals surface area contributed by atoms with E-state index in [-0.39, 0.29) is 0 Å². The average Bonchev–Trinajstić information content (AvgIpc) is 3.35. The number of primary amides is 1. The molecule has 3 rings (SSSR count). The molecule has 0 spiro atoms. The van der Waals surface area contributed by atoms with Gasteiger partial charge < -0.3 is 15.8 Å². The molecule has 0 aliphatic heterocycles. The van der Waals surface area contributed by atoms with Gasteiger partial charge in [-0.15, -0.1) is 0 Å². The molecule has 0 aromatic heterocycles. The van der Waals surface area contributed by atoms with Crippen LogP contribution < -0.4 is 11.1 Å². The highest BCUT2D eigenvalue weighted by atomic mass is 35.5. The van der Waals surface area contributed by atoms with Gasteiger partial charge in [-0.2, -0.15) is 0 Å². The van der Waals surface area contributed by atoms with Crippen LogP contribution in [0.4, 0.5) is 5.69 Å². The molecular formula is C18H17ClN2O2. The first-order chi connectivity index (χ1) is 11.1. The van der Waals surface area contributed by atoms with E-state index in [1.165, 1.54) is 0 Å². The Hall–Kier alpha value is -2.33. The van der Waals surface area contributed by atoms with Crippen LogP contribution in [0.5, 0.6) is 0 Å². The second-order valence-corrected chi connectivity index (χ2v) is 6.29. The Bertz CT molecular complexity index is 739.